The Kier molecular flexibility index (Phi) is 4.05. The third-order valence-electron chi connectivity index (χ3n) is 2.61. The third-order valence-corrected chi connectivity index (χ3v) is 5.06. The van der Waals surface area contributed by atoms with Gasteiger partial charge in [-0.25, -0.2) is 0 Å². The van der Waals surface area contributed by atoms with Gasteiger partial charge in [-0.1, -0.05) is 0 Å². The Morgan fingerprint density at radius 3 is 2.71 bits per heavy atom. The second-order valence-electron chi connectivity index (χ2n) is 3.86. The normalized spacial score (nSPS) is 23.9. The summed E-state index contributed by atoms with van der Waals surface area (Å²) in [6.45, 7) is 5.85. The highest BCUT2D eigenvalue weighted by Crippen LogP contribution is 2.59. The van der Waals surface area contributed by atoms with E-state index in [1.165, 1.54) is 0 Å². The highest BCUT2D eigenvalue weighted by atomic mass is 31.2. The van der Waals surface area contributed by atoms with Crippen LogP contribution in [0.25, 0.3) is 0 Å². The number of nitrogens with zero attached hydrogens (tertiary/aromatic N) is 1. The van der Waals surface area contributed by atoms with Crippen molar-refractivity contribution in [3.05, 3.63) is 24.2 Å². The van der Waals surface area contributed by atoms with Crippen LogP contribution < -0.4 is 0 Å². The summed E-state index contributed by atoms with van der Waals surface area (Å²) >= 11 is 0. The van der Waals surface area contributed by atoms with Crippen molar-refractivity contribution in [3.8, 4) is 0 Å². The lowest BCUT2D eigenvalue weighted by Crippen LogP contribution is -2.07. The van der Waals surface area contributed by atoms with Crippen molar-refractivity contribution in [2.24, 2.45) is 0 Å². The van der Waals surface area contributed by atoms with E-state index in [-0.39, 0.29) is 5.78 Å². The van der Waals surface area contributed by atoms with Crippen LogP contribution in [0.15, 0.2) is 22.8 Å². The van der Waals surface area contributed by atoms with Gasteiger partial charge in [0.25, 0.3) is 0 Å². The molecule has 5 nitrogen and oxygen atoms in total. The molecular formula is C11H18NO4P. The molecular weight excluding hydrogens is 241 g/mol. The zero-order valence-corrected chi connectivity index (χ0v) is 11.1. The van der Waals surface area contributed by atoms with E-state index in [9.17, 15) is 4.57 Å². The van der Waals surface area contributed by atoms with Crippen LogP contribution in [0.5, 0.6) is 0 Å². The summed E-state index contributed by atoms with van der Waals surface area (Å²) in [5.74, 6) is 0.750. The van der Waals surface area contributed by atoms with E-state index in [0.717, 1.165) is 12.3 Å². The minimum Gasteiger partial charge on any atom is -0.468 e. The maximum atomic E-state index is 12.4. The summed E-state index contributed by atoms with van der Waals surface area (Å²) in [6, 6.07) is 3.75. The van der Waals surface area contributed by atoms with Gasteiger partial charge in [0.05, 0.1) is 26.0 Å². The molecule has 1 fully saturated rings. The standard InChI is InChI=1S/C11H18NO4P/c1-3-15-17(13,16-4-2)11-9-12(11)8-10-6-5-7-14-10/h5-7,11H,3-4,8-9H2,1-2H3. The smallest absolute Gasteiger partial charge is 0.348 e. The van der Waals surface area contributed by atoms with Crippen molar-refractivity contribution in [1.82, 2.24) is 4.90 Å². The lowest BCUT2D eigenvalue weighted by Gasteiger charge is -2.16. The van der Waals surface area contributed by atoms with Gasteiger partial charge in [0.15, 0.2) is 0 Å². The van der Waals surface area contributed by atoms with E-state index >= 15 is 0 Å². The van der Waals surface area contributed by atoms with Gasteiger partial charge in [-0.2, -0.15) is 0 Å². The van der Waals surface area contributed by atoms with Crippen molar-refractivity contribution >= 4 is 7.60 Å². The summed E-state index contributed by atoms with van der Waals surface area (Å²) in [7, 11) is -2.97. The number of furan rings is 1. The second-order valence-corrected chi connectivity index (χ2v) is 6.06. The van der Waals surface area contributed by atoms with E-state index in [4.69, 9.17) is 13.5 Å². The van der Waals surface area contributed by atoms with Gasteiger partial charge in [0.1, 0.15) is 11.5 Å². The summed E-state index contributed by atoms with van der Waals surface area (Å²) in [5, 5.41) is 0. The molecule has 2 atom stereocenters. The molecule has 0 aromatic carbocycles. The van der Waals surface area contributed by atoms with Crippen molar-refractivity contribution in [2.45, 2.75) is 26.2 Å². The molecule has 1 aliphatic heterocycles. The van der Waals surface area contributed by atoms with Gasteiger partial charge in [0.2, 0.25) is 0 Å². The van der Waals surface area contributed by atoms with Gasteiger partial charge >= 0.3 is 7.60 Å². The molecule has 0 radical (unpaired) electrons. The van der Waals surface area contributed by atoms with Gasteiger partial charge in [0, 0.05) is 6.54 Å². The fourth-order valence-electron chi connectivity index (χ4n) is 1.80. The van der Waals surface area contributed by atoms with Crippen LogP contribution in [-0.2, 0) is 20.2 Å². The fourth-order valence-corrected chi connectivity index (χ4v) is 3.83. The molecule has 1 saturated heterocycles. The lowest BCUT2D eigenvalue weighted by atomic mass is 10.4. The fraction of sp³-hybridized carbons (Fsp3) is 0.636. The molecule has 2 rings (SSSR count). The molecule has 0 aliphatic carbocycles. The number of hydrogen-bond donors (Lipinski definition) is 0. The maximum Gasteiger partial charge on any atom is 0.348 e. The molecule has 96 valence electrons. The molecule has 6 heteroatoms. The van der Waals surface area contributed by atoms with Gasteiger partial charge in [-0.3, -0.25) is 9.46 Å². The molecule has 1 aromatic rings. The second kappa shape index (κ2) is 5.36. The zero-order valence-electron chi connectivity index (χ0n) is 10.2. The Morgan fingerprint density at radius 1 is 1.47 bits per heavy atom. The van der Waals surface area contributed by atoms with Crippen LogP contribution in [0.3, 0.4) is 0 Å². The highest BCUT2D eigenvalue weighted by Gasteiger charge is 2.51. The topological polar surface area (TPSA) is 51.7 Å². The van der Waals surface area contributed by atoms with Gasteiger partial charge in [-0.05, 0) is 26.0 Å². The largest absolute Gasteiger partial charge is 0.468 e. The first-order valence-corrected chi connectivity index (χ1v) is 7.46. The highest BCUT2D eigenvalue weighted by molar-refractivity contribution is 7.55. The van der Waals surface area contributed by atoms with Crippen molar-refractivity contribution < 1.29 is 18.0 Å². The quantitative estimate of drug-likeness (QED) is 0.556. The zero-order chi connectivity index (χ0) is 12.3. The first-order valence-electron chi connectivity index (χ1n) is 5.85. The first kappa shape index (κ1) is 12.8. The van der Waals surface area contributed by atoms with Crippen LogP contribution >= 0.6 is 7.60 Å². The lowest BCUT2D eigenvalue weighted by molar-refractivity contribution is 0.213. The Balaban J connectivity index is 1.93. The molecule has 17 heavy (non-hydrogen) atoms. The summed E-state index contributed by atoms with van der Waals surface area (Å²) in [6.07, 6.45) is 1.64. The molecule has 0 N–H and O–H groups in total. The van der Waals surface area contributed by atoms with Crippen LogP contribution in [0.2, 0.25) is 0 Å². The average Bonchev–Trinajstić information content (AvgIpc) is 2.86. The molecule has 0 bridgehead atoms. The van der Waals surface area contributed by atoms with E-state index in [0.29, 0.717) is 19.8 Å². The van der Waals surface area contributed by atoms with E-state index in [1.54, 1.807) is 6.26 Å². The predicted molar refractivity (Wildman–Crippen MR) is 63.8 cm³/mol. The molecule has 2 unspecified atom stereocenters. The molecule has 0 spiro atoms. The third kappa shape index (κ3) is 2.99. The summed E-state index contributed by atoms with van der Waals surface area (Å²) < 4.78 is 28.3. The van der Waals surface area contributed by atoms with Crippen molar-refractivity contribution in [3.63, 3.8) is 0 Å². The number of hydrogen-bond acceptors (Lipinski definition) is 5. The number of rotatable bonds is 7. The summed E-state index contributed by atoms with van der Waals surface area (Å²) in [5.41, 5.74) is 0. The van der Waals surface area contributed by atoms with Crippen LogP contribution in [-0.4, -0.2) is 30.4 Å². The molecule has 0 amide bonds. The van der Waals surface area contributed by atoms with Crippen LogP contribution in [0.1, 0.15) is 19.6 Å². The Hall–Kier alpha value is -0.610. The predicted octanol–water partition coefficient (Wildman–Crippen LogP) is 2.69. The van der Waals surface area contributed by atoms with E-state index in [2.05, 4.69) is 0 Å². The molecule has 2 heterocycles. The van der Waals surface area contributed by atoms with Crippen LogP contribution in [0.4, 0.5) is 0 Å². The monoisotopic (exact) mass is 259 g/mol. The Bertz CT molecular complexity index is 382. The Morgan fingerprint density at radius 2 is 2.18 bits per heavy atom. The Labute approximate surface area is 101 Å². The average molecular weight is 259 g/mol. The minimum absolute atomic E-state index is 0.118. The van der Waals surface area contributed by atoms with E-state index < -0.39 is 7.60 Å². The van der Waals surface area contributed by atoms with Gasteiger partial charge in [-0.15, -0.1) is 0 Å². The van der Waals surface area contributed by atoms with Crippen molar-refractivity contribution in [1.29, 1.82) is 0 Å². The molecule has 1 aliphatic rings. The molecule has 1 aromatic heterocycles. The van der Waals surface area contributed by atoms with Crippen LogP contribution in [0, 0.1) is 0 Å². The van der Waals surface area contributed by atoms with Crippen molar-refractivity contribution in [2.75, 3.05) is 19.8 Å². The van der Waals surface area contributed by atoms with Gasteiger partial charge < -0.3 is 13.5 Å². The molecule has 0 saturated carbocycles. The summed E-state index contributed by atoms with van der Waals surface area (Å²) in [4.78, 5) is 2.03. The maximum absolute atomic E-state index is 12.4. The SMILES string of the molecule is CCOP(=O)(OCC)C1CN1Cc1ccco1. The first-order chi connectivity index (χ1) is 8.19. The minimum atomic E-state index is -2.97. The van der Waals surface area contributed by atoms with E-state index in [1.807, 2.05) is 30.9 Å².